The lowest BCUT2D eigenvalue weighted by molar-refractivity contribution is 0.0481. The van der Waals surface area contributed by atoms with Crippen molar-refractivity contribution in [1.29, 1.82) is 0 Å². The van der Waals surface area contributed by atoms with Crippen molar-refractivity contribution in [2.45, 2.75) is 57.9 Å². The van der Waals surface area contributed by atoms with Gasteiger partial charge in [0, 0.05) is 12.6 Å². The summed E-state index contributed by atoms with van der Waals surface area (Å²) in [5.41, 5.74) is 1.53. The largest absolute Gasteiger partial charge is 0.444 e. The van der Waals surface area contributed by atoms with Crippen LogP contribution in [0.3, 0.4) is 0 Å². The van der Waals surface area contributed by atoms with Gasteiger partial charge in [0.25, 0.3) is 0 Å². The van der Waals surface area contributed by atoms with Crippen LogP contribution in [0.15, 0.2) is 60.7 Å². The van der Waals surface area contributed by atoms with Crippen molar-refractivity contribution in [1.82, 2.24) is 10.6 Å². The molecule has 1 amide bonds. The number of ether oxygens (including phenoxy) is 1. The summed E-state index contributed by atoms with van der Waals surface area (Å²) in [5, 5.41) is 16.8. The second-order valence-corrected chi connectivity index (χ2v) is 8.04. The Morgan fingerprint density at radius 3 is 2.07 bits per heavy atom. The lowest BCUT2D eigenvalue weighted by Crippen LogP contribution is -2.38. The quantitative estimate of drug-likeness (QED) is 0.633. The van der Waals surface area contributed by atoms with Gasteiger partial charge in [-0.05, 0) is 45.2 Å². The fourth-order valence-corrected chi connectivity index (χ4v) is 2.94. The Labute approximate surface area is 168 Å². The van der Waals surface area contributed by atoms with E-state index in [4.69, 9.17) is 4.74 Å². The van der Waals surface area contributed by atoms with E-state index in [1.54, 1.807) is 0 Å². The first-order chi connectivity index (χ1) is 13.2. The molecule has 0 saturated carbocycles. The number of amides is 1. The molecule has 0 aliphatic heterocycles. The fraction of sp³-hybridized carbons (Fsp3) is 0.435. The highest BCUT2D eigenvalue weighted by Crippen LogP contribution is 2.20. The molecule has 0 aliphatic rings. The highest BCUT2D eigenvalue weighted by atomic mass is 16.6. The molecule has 0 aromatic heterocycles. The molecular formula is C23H32N2O3. The van der Waals surface area contributed by atoms with Crippen LogP contribution in [-0.4, -0.2) is 29.4 Å². The Morgan fingerprint density at radius 2 is 1.54 bits per heavy atom. The number of alkyl carbamates (subject to hydrolysis) is 1. The highest BCUT2D eigenvalue weighted by molar-refractivity contribution is 5.68. The van der Waals surface area contributed by atoms with Gasteiger partial charge in [-0.1, -0.05) is 60.7 Å². The zero-order chi connectivity index (χ0) is 20.6. The summed E-state index contributed by atoms with van der Waals surface area (Å²) in [4.78, 5) is 12.2. The van der Waals surface area contributed by atoms with Crippen LogP contribution in [0.5, 0.6) is 0 Å². The second kappa shape index (κ2) is 10.2. The standard InChI is InChI=1S/C23H32N2O3/c1-17(18-11-7-5-8-12-18)24-16-20(26)15-21(19-13-9-6-10-14-19)25-22(27)28-23(2,3)4/h5-14,17,20-21,24,26H,15-16H2,1-4H3,(H,25,27)/t17-,20+,21?/m0/s1. The minimum Gasteiger partial charge on any atom is -0.444 e. The molecule has 3 atom stereocenters. The van der Waals surface area contributed by atoms with E-state index >= 15 is 0 Å². The van der Waals surface area contributed by atoms with Gasteiger partial charge in [-0.2, -0.15) is 0 Å². The number of aliphatic hydroxyl groups is 1. The maximum Gasteiger partial charge on any atom is 0.408 e. The maximum absolute atomic E-state index is 12.2. The number of nitrogens with one attached hydrogen (secondary N) is 2. The Kier molecular flexibility index (Phi) is 8.03. The van der Waals surface area contributed by atoms with Gasteiger partial charge in [0.05, 0.1) is 12.1 Å². The van der Waals surface area contributed by atoms with Crippen LogP contribution in [-0.2, 0) is 4.74 Å². The molecule has 1 unspecified atom stereocenters. The molecule has 0 aliphatic carbocycles. The third kappa shape index (κ3) is 7.71. The first kappa shape index (κ1) is 21.9. The minimum absolute atomic E-state index is 0.129. The third-order valence-corrected chi connectivity index (χ3v) is 4.36. The Balaban J connectivity index is 1.96. The number of hydrogen-bond acceptors (Lipinski definition) is 4. The predicted octanol–water partition coefficient (Wildman–Crippen LogP) is 4.35. The number of aliphatic hydroxyl groups excluding tert-OH is 1. The minimum atomic E-state index is -0.619. The van der Waals surface area contributed by atoms with Gasteiger partial charge >= 0.3 is 6.09 Å². The van der Waals surface area contributed by atoms with Crippen molar-refractivity contribution in [3.63, 3.8) is 0 Å². The van der Waals surface area contributed by atoms with Crippen molar-refractivity contribution in [3.05, 3.63) is 71.8 Å². The van der Waals surface area contributed by atoms with Crippen LogP contribution >= 0.6 is 0 Å². The molecule has 0 saturated heterocycles. The van der Waals surface area contributed by atoms with Gasteiger partial charge in [-0.3, -0.25) is 0 Å². The molecule has 0 bridgehead atoms. The molecule has 2 rings (SSSR count). The van der Waals surface area contributed by atoms with Crippen LogP contribution in [0.2, 0.25) is 0 Å². The van der Waals surface area contributed by atoms with Crippen molar-refractivity contribution < 1.29 is 14.6 Å². The summed E-state index contributed by atoms with van der Waals surface area (Å²) in [6, 6.07) is 19.5. The normalized spacial score (nSPS) is 14.8. The molecule has 0 spiro atoms. The molecule has 28 heavy (non-hydrogen) atoms. The van der Waals surface area contributed by atoms with Crippen molar-refractivity contribution >= 4 is 6.09 Å². The summed E-state index contributed by atoms with van der Waals surface area (Å²) in [5.74, 6) is 0. The van der Waals surface area contributed by atoms with Crippen molar-refractivity contribution in [2.75, 3.05) is 6.54 Å². The number of carbonyl (C=O) groups excluding carboxylic acids is 1. The summed E-state index contributed by atoms with van der Waals surface area (Å²) in [6.45, 7) is 7.97. The van der Waals surface area contributed by atoms with E-state index in [0.717, 1.165) is 5.56 Å². The molecular weight excluding hydrogens is 352 g/mol. The van der Waals surface area contributed by atoms with Crippen LogP contribution in [0.1, 0.15) is 57.3 Å². The Hall–Kier alpha value is -2.37. The first-order valence-electron chi connectivity index (χ1n) is 9.75. The average Bonchev–Trinajstić information content (AvgIpc) is 2.65. The highest BCUT2D eigenvalue weighted by Gasteiger charge is 2.23. The summed E-state index contributed by atoms with van der Waals surface area (Å²) >= 11 is 0. The summed E-state index contributed by atoms with van der Waals surface area (Å²) in [6.07, 6.45) is -0.719. The number of rotatable bonds is 8. The molecule has 5 nitrogen and oxygen atoms in total. The van der Waals surface area contributed by atoms with E-state index in [9.17, 15) is 9.90 Å². The zero-order valence-electron chi connectivity index (χ0n) is 17.2. The van der Waals surface area contributed by atoms with Crippen molar-refractivity contribution in [2.24, 2.45) is 0 Å². The van der Waals surface area contributed by atoms with Gasteiger partial charge in [0.2, 0.25) is 0 Å². The van der Waals surface area contributed by atoms with E-state index in [1.165, 1.54) is 5.56 Å². The van der Waals surface area contributed by atoms with E-state index < -0.39 is 17.8 Å². The summed E-state index contributed by atoms with van der Waals surface area (Å²) < 4.78 is 5.38. The molecule has 0 heterocycles. The average molecular weight is 385 g/mol. The summed E-state index contributed by atoms with van der Waals surface area (Å²) in [7, 11) is 0. The second-order valence-electron chi connectivity index (χ2n) is 8.04. The van der Waals surface area contributed by atoms with Crippen LogP contribution < -0.4 is 10.6 Å². The predicted molar refractivity (Wildman–Crippen MR) is 112 cm³/mol. The Morgan fingerprint density at radius 1 is 1.00 bits per heavy atom. The molecule has 2 aromatic rings. The molecule has 3 N–H and O–H groups in total. The lowest BCUT2D eigenvalue weighted by Gasteiger charge is -2.26. The number of carbonyl (C=O) groups is 1. The number of benzene rings is 2. The first-order valence-corrected chi connectivity index (χ1v) is 9.75. The van der Waals surface area contributed by atoms with Crippen molar-refractivity contribution in [3.8, 4) is 0 Å². The lowest BCUT2D eigenvalue weighted by atomic mass is 10.00. The van der Waals surface area contributed by atoms with Gasteiger partial charge in [-0.15, -0.1) is 0 Å². The molecule has 5 heteroatoms. The van der Waals surface area contributed by atoms with E-state index in [2.05, 4.69) is 29.7 Å². The van der Waals surface area contributed by atoms with E-state index in [0.29, 0.717) is 13.0 Å². The molecule has 0 radical (unpaired) electrons. The molecule has 0 fully saturated rings. The zero-order valence-corrected chi connectivity index (χ0v) is 17.2. The van der Waals surface area contributed by atoms with Gasteiger partial charge < -0.3 is 20.5 Å². The molecule has 2 aromatic carbocycles. The van der Waals surface area contributed by atoms with Gasteiger partial charge in [0.15, 0.2) is 0 Å². The topological polar surface area (TPSA) is 70.6 Å². The smallest absolute Gasteiger partial charge is 0.408 e. The third-order valence-electron chi connectivity index (χ3n) is 4.36. The Bertz CT molecular complexity index is 714. The van der Waals surface area contributed by atoms with E-state index in [1.807, 2.05) is 69.3 Å². The van der Waals surface area contributed by atoms with Gasteiger partial charge in [-0.25, -0.2) is 4.79 Å². The van der Waals surface area contributed by atoms with Crippen LogP contribution in [0.4, 0.5) is 4.79 Å². The van der Waals surface area contributed by atoms with Crippen LogP contribution in [0, 0.1) is 0 Å². The fourth-order valence-electron chi connectivity index (χ4n) is 2.94. The van der Waals surface area contributed by atoms with E-state index in [-0.39, 0.29) is 12.1 Å². The SMILES string of the molecule is C[C@H](NC[C@H](O)CC(NC(=O)OC(C)(C)C)c1ccccc1)c1ccccc1. The number of hydrogen-bond donors (Lipinski definition) is 3. The van der Waals surface area contributed by atoms with Crippen LogP contribution in [0.25, 0.3) is 0 Å². The van der Waals surface area contributed by atoms with Gasteiger partial charge in [0.1, 0.15) is 5.60 Å². The molecule has 152 valence electrons. The maximum atomic E-state index is 12.2. The monoisotopic (exact) mass is 384 g/mol.